The summed E-state index contributed by atoms with van der Waals surface area (Å²) in [7, 11) is 3.49. The van der Waals surface area contributed by atoms with Gasteiger partial charge in [-0.1, -0.05) is 20.8 Å². The molecule has 0 radical (unpaired) electrons. The Morgan fingerprint density at radius 3 is 2.45 bits per heavy atom. The van der Waals surface area contributed by atoms with Gasteiger partial charge in [0.05, 0.1) is 14.2 Å². The topological polar surface area (TPSA) is 30.5 Å². The molecule has 1 aromatic carbocycles. The number of benzene rings is 1. The van der Waals surface area contributed by atoms with Crippen LogP contribution in [0, 0.1) is 5.92 Å². The molecule has 3 nitrogen and oxygen atoms in total. The number of nitrogens with one attached hydrogen (secondary N) is 1. The largest absolute Gasteiger partial charge is 0.496 e. The maximum Gasteiger partial charge on any atom is 0.124 e. The third-order valence-electron chi connectivity index (χ3n) is 3.85. The molecular weight excluding hydrogens is 270 g/mol. The Labute approximate surface area is 126 Å². The van der Waals surface area contributed by atoms with Gasteiger partial charge in [0, 0.05) is 28.2 Å². The summed E-state index contributed by atoms with van der Waals surface area (Å²) in [5, 5.41) is 4.20. The maximum atomic E-state index is 5.61. The van der Waals surface area contributed by atoms with E-state index in [9.17, 15) is 0 Å². The summed E-state index contributed by atoms with van der Waals surface area (Å²) in [6.07, 6.45) is 0. The fraction of sp³-hybridized carbons (Fsp3) is 0.625. The van der Waals surface area contributed by atoms with Crippen LogP contribution in [0.1, 0.15) is 37.9 Å². The van der Waals surface area contributed by atoms with E-state index in [1.54, 1.807) is 14.2 Å². The lowest BCUT2D eigenvalue weighted by Gasteiger charge is -2.37. The molecule has 0 aromatic heterocycles. The van der Waals surface area contributed by atoms with E-state index in [2.05, 4.69) is 26.1 Å². The molecule has 0 aliphatic carbocycles. The highest BCUT2D eigenvalue weighted by Crippen LogP contribution is 2.47. The summed E-state index contributed by atoms with van der Waals surface area (Å²) in [6, 6.07) is 4.35. The van der Waals surface area contributed by atoms with Crippen molar-refractivity contribution in [2.75, 3.05) is 20.8 Å². The van der Waals surface area contributed by atoms with Crippen molar-refractivity contribution in [3.8, 4) is 11.5 Å². The monoisotopic (exact) mass is 295 g/mol. The highest BCUT2D eigenvalue weighted by Gasteiger charge is 2.35. The average Bonchev–Trinajstić information content (AvgIpc) is 2.46. The normalized spacial score (nSPS) is 21.7. The number of rotatable bonds is 5. The number of methoxy groups -OCH3 is 2. The van der Waals surface area contributed by atoms with Gasteiger partial charge in [-0.2, -0.15) is 11.8 Å². The predicted octanol–water partition coefficient (Wildman–Crippen LogP) is 3.63. The van der Waals surface area contributed by atoms with Crippen LogP contribution in [0.25, 0.3) is 0 Å². The van der Waals surface area contributed by atoms with Gasteiger partial charge in [-0.25, -0.2) is 0 Å². The smallest absolute Gasteiger partial charge is 0.124 e. The Balaban J connectivity index is 2.53. The lowest BCUT2D eigenvalue weighted by Crippen LogP contribution is -2.36. The summed E-state index contributed by atoms with van der Waals surface area (Å²) in [6.45, 7) is 7.69. The van der Waals surface area contributed by atoms with Crippen molar-refractivity contribution in [1.82, 2.24) is 5.32 Å². The average molecular weight is 295 g/mol. The lowest BCUT2D eigenvalue weighted by molar-refractivity contribution is 0.374. The zero-order valence-corrected chi connectivity index (χ0v) is 13.8. The van der Waals surface area contributed by atoms with Crippen LogP contribution in [-0.2, 0) is 5.75 Å². The van der Waals surface area contributed by atoms with Crippen LogP contribution in [-0.4, -0.2) is 26.0 Å². The van der Waals surface area contributed by atoms with E-state index >= 15 is 0 Å². The van der Waals surface area contributed by atoms with Gasteiger partial charge >= 0.3 is 0 Å². The highest BCUT2D eigenvalue weighted by atomic mass is 32.2. The van der Waals surface area contributed by atoms with Gasteiger partial charge in [-0.15, -0.1) is 0 Å². The van der Waals surface area contributed by atoms with E-state index in [1.807, 2.05) is 23.9 Å². The van der Waals surface area contributed by atoms with Gasteiger partial charge in [0.1, 0.15) is 11.5 Å². The molecule has 112 valence electrons. The number of thioether (sulfide) groups is 1. The van der Waals surface area contributed by atoms with E-state index in [4.69, 9.17) is 9.47 Å². The van der Waals surface area contributed by atoms with Gasteiger partial charge in [0.15, 0.2) is 0 Å². The molecule has 1 heterocycles. The zero-order chi connectivity index (χ0) is 14.7. The standard InChI is InChI=1S/C16H25NO2S/c1-6-17-15-14-11(9-20-16(15)10(2)3)12(18-4)7-8-13(14)19-5/h7-8,10,15-17H,6,9H2,1-5H3. The quantitative estimate of drug-likeness (QED) is 0.898. The van der Waals surface area contributed by atoms with Gasteiger partial charge in [0.25, 0.3) is 0 Å². The molecule has 2 rings (SSSR count). The van der Waals surface area contributed by atoms with E-state index in [1.165, 1.54) is 11.1 Å². The molecule has 1 N–H and O–H groups in total. The van der Waals surface area contributed by atoms with Crippen molar-refractivity contribution in [2.24, 2.45) is 5.92 Å². The number of hydrogen-bond acceptors (Lipinski definition) is 4. The Morgan fingerprint density at radius 1 is 1.25 bits per heavy atom. The second-order valence-corrected chi connectivity index (χ2v) is 6.58. The zero-order valence-electron chi connectivity index (χ0n) is 13.0. The number of ether oxygens (including phenoxy) is 2. The van der Waals surface area contributed by atoms with Gasteiger partial charge in [0.2, 0.25) is 0 Å². The minimum Gasteiger partial charge on any atom is -0.496 e. The third-order valence-corrected chi connectivity index (χ3v) is 5.51. The molecule has 4 heteroatoms. The summed E-state index contributed by atoms with van der Waals surface area (Å²) < 4.78 is 11.1. The van der Waals surface area contributed by atoms with E-state index in [0.717, 1.165) is 23.8 Å². The molecule has 0 amide bonds. The number of fused-ring (bicyclic) bond motifs is 1. The van der Waals surface area contributed by atoms with Crippen molar-refractivity contribution in [3.63, 3.8) is 0 Å². The molecule has 1 aliphatic heterocycles. The van der Waals surface area contributed by atoms with Gasteiger partial charge < -0.3 is 14.8 Å². The summed E-state index contributed by atoms with van der Waals surface area (Å²) in [5.74, 6) is 3.55. The van der Waals surface area contributed by atoms with Crippen molar-refractivity contribution in [3.05, 3.63) is 23.3 Å². The first-order chi connectivity index (χ1) is 9.63. The van der Waals surface area contributed by atoms with E-state index < -0.39 is 0 Å². The minimum atomic E-state index is 0.318. The first kappa shape index (κ1) is 15.5. The first-order valence-corrected chi connectivity index (χ1v) is 8.27. The van der Waals surface area contributed by atoms with Crippen LogP contribution in [0.3, 0.4) is 0 Å². The second kappa shape index (κ2) is 6.72. The van der Waals surface area contributed by atoms with Crippen molar-refractivity contribution >= 4 is 11.8 Å². The van der Waals surface area contributed by atoms with Crippen LogP contribution in [0.15, 0.2) is 12.1 Å². The first-order valence-electron chi connectivity index (χ1n) is 7.22. The predicted molar refractivity (Wildman–Crippen MR) is 85.9 cm³/mol. The van der Waals surface area contributed by atoms with Gasteiger partial charge in [-0.3, -0.25) is 0 Å². The molecule has 1 aliphatic rings. The van der Waals surface area contributed by atoms with Crippen molar-refractivity contribution in [1.29, 1.82) is 0 Å². The molecule has 0 saturated carbocycles. The summed E-state index contributed by atoms with van der Waals surface area (Å²) >= 11 is 2.01. The van der Waals surface area contributed by atoms with Crippen molar-refractivity contribution < 1.29 is 9.47 Å². The van der Waals surface area contributed by atoms with Crippen LogP contribution < -0.4 is 14.8 Å². The van der Waals surface area contributed by atoms with Gasteiger partial charge in [-0.05, 0) is 24.6 Å². The van der Waals surface area contributed by atoms with Crippen LogP contribution in [0.5, 0.6) is 11.5 Å². The molecule has 0 fully saturated rings. The van der Waals surface area contributed by atoms with Crippen molar-refractivity contribution in [2.45, 2.75) is 37.8 Å². The Kier molecular flexibility index (Phi) is 5.22. The summed E-state index contributed by atoms with van der Waals surface area (Å²) in [5.41, 5.74) is 2.56. The molecule has 1 aromatic rings. The highest BCUT2D eigenvalue weighted by molar-refractivity contribution is 7.99. The fourth-order valence-electron chi connectivity index (χ4n) is 2.94. The number of hydrogen-bond donors (Lipinski definition) is 1. The fourth-order valence-corrected chi connectivity index (χ4v) is 4.40. The SMILES string of the molecule is CCNC1c2c(OC)ccc(OC)c2CSC1C(C)C. The van der Waals surface area contributed by atoms with Crippen LogP contribution in [0.4, 0.5) is 0 Å². The molecule has 0 saturated heterocycles. The van der Waals surface area contributed by atoms with E-state index in [0.29, 0.717) is 17.2 Å². The lowest BCUT2D eigenvalue weighted by atomic mass is 9.91. The molecular formula is C16H25NO2S. The molecule has 20 heavy (non-hydrogen) atoms. The molecule has 0 spiro atoms. The third kappa shape index (κ3) is 2.77. The molecule has 2 unspecified atom stereocenters. The Bertz CT molecular complexity index is 462. The molecule has 2 atom stereocenters. The summed E-state index contributed by atoms with van der Waals surface area (Å²) in [4.78, 5) is 0. The maximum absolute atomic E-state index is 5.61. The molecule has 0 bridgehead atoms. The van der Waals surface area contributed by atoms with E-state index in [-0.39, 0.29) is 0 Å². The second-order valence-electron chi connectivity index (χ2n) is 5.42. The minimum absolute atomic E-state index is 0.318. The van der Waals surface area contributed by atoms with Crippen LogP contribution >= 0.6 is 11.8 Å². The van der Waals surface area contributed by atoms with Crippen LogP contribution in [0.2, 0.25) is 0 Å². The Morgan fingerprint density at radius 2 is 1.90 bits per heavy atom. The Hall–Kier alpha value is -0.870.